The number of rotatable bonds is 4. The maximum atomic E-state index is 10.5. The van der Waals surface area contributed by atoms with Crippen LogP contribution in [-0.4, -0.2) is 24.4 Å². The van der Waals surface area contributed by atoms with Crippen molar-refractivity contribution in [2.45, 2.75) is 58.3 Å². The summed E-state index contributed by atoms with van der Waals surface area (Å²) < 4.78 is 11.5. The second-order valence-electron chi connectivity index (χ2n) is 7.09. The molecule has 0 amide bonds. The van der Waals surface area contributed by atoms with Gasteiger partial charge in [-0.2, -0.15) is 0 Å². The van der Waals surface area contributed by atoms with Crippen LogP contribution in [-0.2, 0) is 11.3 Å². The molecule has 0 unspecified atom stereocenters. The zero-order chi connectivity index (χ0) is 16.4. The van der Waals surface area contributed by atoms with Gasteiger partial charge in [0.25, 0.3) is 0 Å². The van der Waals surface area contributed by atoms with E-state index in [1.54, 1.807) is 7.11 Å². The van der Waals surface area contributed by atoms with Gasteiger partial charge in [0.1, 0.15) is 5.75 Å². The summed E-state index contributed by atoms with van der Waals surface area (Å²) in [6, 6.07) is 8.07. The molecule has 126 valence electrons. The molecule has 0 spiro atoms. The van der Waals surface area contributed by atoms with Crippen molar-refractivity contribution in [3.63, 3.8) is 0 Å². The Morgan fingerprint density at radius 3 is 2.65 bits per heavy atom. The molecule has 1 aromatic carbocycles. The van der Waals surface area contributed by atoms with Crippen molar-refractivity contribution >= 4 is 0 Å². The van der Waals surface area contributed by atoms with Crippen LogP contribution in [0.25, 0.3) is 0 Å². The van der Waals surface area contributed by atoms with Gasteiger partial charge in [0.15, 0.2) is 0 Å². The highest BCUT2D eigenvalue weighted by Gasteiger charge is 2.41. The third-order valence-electron chi connectivity index (χ3n) is 5.47. The monoisotopic (exact) mass is 316 g/mol. The van der Waals surface area contributed by atoms with E-state index >= 15 is 0 Å². The molecule has 2 aliphatic carbocycles. The van der Waals surface area contributed by atoms with E-state index in [1.807, 2.05) is 12.1 Å². The molecule has 3 rings (SSSR count). The lowest BCUT2D eigenvalue weighted by molar-refractivity contribution is -0.0610. The number of allylic oxidation sites excluding steroid dienone is 1. The van der Waals surface area contributed by atoms with Gasteiger partial charge in [-0.1, -0.05) is 24.6 Å². The third-order valence-corrected chi connectivity index (χ3v) is 5.47. The second kappa shape index (κ2) is 7.06. The van der Waals surface area contributed by atoms with Gasteiger partial charge in [-0.15, -0.1) is 0 Å². The average Bonchev–Trinajstić information content (AvgIpc) is 2.55. The van der Waals surface area contributed by atoms with Crippen LogP contribution >= 0.6 is 0 Å². The van der Waals surface area contributed by atoms with Crippen molar-refractivity contribution in [1.29, 1.82) is 0 Å². The maximum Gasteiger partial charge on any atom is 0.118 e. The summed E-state index contributed by atoms with van der Waals surface area (Å²) in [5, 5.41) is 10.5. The Kier molecular flexibility index (Phi) is 5.08. The fraction of sp³-hybridized carbons (Fsp3) is 0.600. The summed E-state index contributed by atoms with van der Waals surface area (Å²) in [5.41, 5.74) is 3.83. The van der Waals surface area contributed by atoms with Crippen molar-refractivity contribution in [2.75, 3.05) is 7.11 Å². The van der Waals surface area contributed by atoms with E-state index in [1.165, 1.54) is 23.1 Å². The van der Waals surface area contributed by atoms with Crippen LogP contribution < -0.4 is 4.74 Å². The first-order valence-electron chi connectivity index (χ1n) is 8.72. The molecule has 3 nitrogen and oxygen atoms in total. The molecule has 4 atom stereocenters. The van der Waals surface area contributed by atoms with E-state index in [0.29, 0.717) is 18.4 Å². The molecule has 0 aromatic heterocycles. The first-order valence-corrected chi connectivity index (χ1v) is 8.72. The van der Waals surface area contributed by atoms with Crippen LogP contribution in [0, 0.1) is 11.8 Å². The summed E-state index contributed by atoms with van der Waals surface area (Å²) >= 11 is 0. The summed E-state index contributed by atoms with van der Waals surface area (Å²) in [5.74, 6) is 1.65. The Bertz CT molecular complexity index is 561. The van der Waals surface area contributed by atoms with E-state index < -0.39 is 0 Å². The molecule has 0 saturated heterocycles. The van der Waals surface area contributed by atoms with Gasteiger partial charge >= 0.3 is 0 Å². The van der Waals surface area contributed by atoms with E-state index in [4.69, 9.17) is 9.47 Å². The quantitative estimate of drug-likeness (QED) is 0.850. The van der Waals surface area contributed by atoms with Crippen LogP contribution in [0.3, 0.4) is 0 Å². The predicted molar refractivity (Wildman–Crippen MR) is 91.4 cm³/mol. The second-order valence-corrected chi connectivity index (χ2v) is 7.09. The largest absolute Gasteiger partial charge is 0.497 e. The number of hydrogen-bond donors (Lipinski definition) is 1. The third kappa shape index (κ3) is 3.46. The summed E-state index contributed by atoms with van der Waals surface area (Å²) in [7, 11) is 1.68. The minimum absolute atomic E-state index is 0.214. The number of methoxy groups -OCH3 is 1. The lowest BCUT2D eigenvalue weighted by atomic mass is 9.68. The summed E-state index contributed by atoms with van der Waals surface area (Å²) in [6.45, 7) is 5.02. The summed E-state index contributed by atoms with van der Waals surface area (Å²) in [6.07, 6.45) is 4.24. The predicted octanol–water partition coefficient (Wildman–Crippen LogP) is 4.10. The lowest BCUT2D eigenvalue weighted by Crippen LogP contribution is -2.43. The number of hydrogen-bond acceptors (Lipinski definition) is 3. The minimum atomic E-state index is -0.267. The number of aliphatic hydroxyl groups is 1. The molecular formula is C20H28O3. The van der Waals surface area contributed by atoms with E-state index in [2.05, 4.69) is 26.0 Å². The molecule has 0 heterocycles. The zero-order valence-electron chi connectivity index (χ0n) is 14.4. The van der Waals surface area contributed by atoms with Crippen molar-refractivity contribution < 1.29 is 14.6 Å². The maximum absolute atomic E-state index is 10.5. The molecule has 2 aliphatic rings. The zero-order valence-corrected chi connectivity index (χ0v) is 14.4. The van der Waals surface area contributed by atoms with E-state index in [9.17, 15) is 5.11 Å². The highest BCUT2D eigenvalue weighted by Crippen LogP contribution is 2.44. The van der Waals surface area contributed by atoms with Crippen LogP contribution in [0.5, 0.6) is 5.75 Å². The van der Waals surface area contributed by atoms with Gasteiger partial charge in [0, 0.05) is 5.92 Å². The fourth-order valence-electron chi connectivity index (χ4n) is 4.28. The number of aliphatic hydroxyl groups excluding tert-OH is 1. The van der Waals surface area contributed by atoms with Crippen molar-refractivity contribution in [1.82, 2.24) is 0 Å². The first-order chi connectivity index (χ1) is 11.1. The van der Waals surface area contributed by atoms with Gasteiger partial charge < -0.3 is 14.6 Å². The summed E-state index contributed by atoms with van der Waals surface area (Å²) in [4.78, 5) is 0. The molecule has 23 heavy (non-hydrogen) atoms. The van der Waals surface area contributed by atoms with Gasteiger partial charge in [0.05, 0.1) is 25.9 Å². The molecule has 1 saturated carbocycles. The molecule has 1 fully saturated rings. The Morgan fingerprint density at radius 2 is 1.96 bits per heavy atom. The first kappa shape index (κ1) is 16.5. The molecular weight excluding hydrogens is 288 g/mol. The Balaban J connectivity index is 1.71. The van der Waals surface area contributed by atoms with Crippen LogP contribution in [0.4, 0.5) is 0 Å². The number of benzene rings is 1. The normalized spacial score (nSPS) is 31.0. The SMILES string of the molecule is COc1ccc(CO[C@@H]2[C@H](C)C[C@H](O)C3=C(C)CCC[C@H]32)cc1. The number of fused-ring (bicyclic) bond motifs is 1. The van der Waals surface area contributed by atoms with E-state index in [-0.39, 0.29) is 12.2 Å². The molecule has 1 aromatic rings. The van der Waals surface area contributed by atoms with E-state index in [0.717, 1.165) is 25.0 Å². The smallest absolute Gasteiger partial charge is 0.118 e. The van der Waals surface area contributed by atoms with Crippen LogP contribution in [0.15, 0.2) is 35.4 Å². The Labute approximate surface area is 139 Å². The number of ether oxygens (including phenoxy) is 2. The standard InChI is InChI=1S/C20H28O3/c1-13-5-4-6-17-19(13)18(21)11-14(2)20(17)23-12-15-7-9-16(22-3)10-8-15/h7-10,14,17-18,20-21H,4-6,11-12H2,1-3H3/t14-,17-,18+,20-/m1/s1. The van der Waals surface area contributed by atoms with Gasteiger partial charge in [-0.05, 0) is 61.8 Å². The fourth-order valence-corrected chi connectivity index (χ4v) is 4.28. The molecule has 0 bridgehead atoms. The van der Waals surface area contributed by atoms with Gasteiger partial charge in [-0.25, -0.2) is 0 Å². The van der Waals surface area contributed by atoms with Gasteiger partial charge in [-0.3, -0.25) is 0 Å². The van der Waals surface area contributed by atoms with Crippen molar-refractivity contribution in [2.24, 2.45) is 11.8 Å². The Morgan fingerprint density at radius 1 is 1.22 bits per heavy atom. The average molecular weight is 316 g/mol. The van der Waals surface area contributed by atoms with Gasteiger partial charge in [0.2, 0.25) is 0 Å². The topological polar surface area (TPSA) is 38.7 Å². The molecule has 1 N–H and O–H groups in total. The highest BCUT2D eigenvalue weighted by atomic mass is 16.5. The molecule has 0 aliphatic heterocycles. The van der Waals surface area contributed by atoms with Crippen LogP contribution in [0.2, 0.25) is 0 Å². The van der Waals surface area contributed by atoms with Crippen LogP contribution in [0.1, 0.15) is 45.1 Å². The van der Waals surface area contributed by atoms with Crippen molar-refractivity contribution in [3.8, 4) is 5.75 Å². The lowest BCUT2D eigenvalue weighted by Gasteiger charge is -2.44. The molecule has 0 radical (unpaired) electrons. The highest BCUT2D eigenvalue weighted by molar-refractivity contribution is 5.28. The molecule has 3 heteroatoms. The Hall–Kier alpha value is -1.32. The van der Waals surface area contributed by atoms with Crippen molar-refractivity contribution in [3.05, 3.63) is 41.0 Å². The minimum Gasteiger partial charge on any atom is -0.497 e.